The topological polar surface area (TPSA) is 118 Å². The third-order valence-electron chi connectivity index (χ3n) is 5.70. The first-order valence-corrected chi connectivity index (χ1v) is 12.8. The van der Waals surface area contributed by atoms with Gasteiger partial charge in [-0.25, -0.2) is 23.4 Å². The molecule has 1 aliphatic rings. The van der Waals surface area contributed by atoms with Crippen LogP contribution in [-0.4, -0.2) is 52.0 Å². The van der Waals surface area contributed by atoms with Crippen LogP contribution in [0.1, 0.15) is 24.8 Å². The van der Waals surface area contributed by atoms with Crippen LogP contribution in [0.25, 0.3) is 22.6 Å². The van der Waals surface area contributed by atoms with Crippen LogP contribution in [0.4, 0.5) is 0 Å². The molecule has 0 bridgehead atoms. The fourth-order valence-corrected chi connectivity index (χ4v) is 4.48. The number of amides is 1. The van der Waals surface area contributed by atoms with E-state index in [1.54, 1.807) is 12.3 Å². The van der Waals surface area contributed by atoms with Crippen LogP contribution < -0.4 is 4.74 Å². The summed E-state index contributed by atoms with van der Waals surface area (Å²) in [4.78, 5) is 30.3. The van der Waals surface area contributed by atoms with E-state index in [0.29, 0.717) is 42.5 Å². The average molecular weight is 478 g/mol. The molecule has 10 heteroatoms. The molecule has 4 heterocycles. The number of rotatable bonds is 6. The Morgan fingerprint density at radius 3 is 2.74 bits per heavy atom. The number of pyridine rings is 2. The number of piperidine rings is 1. The molecule has 1 amide bonds. The monoisotopic (exact) mass is 477 g/mol. The van der Waals surface area contributed by atoms with Gasteiger partial charge in [-0.2, -0.15) is 0 Å². The Morgan fingerprint density at radius 1 is 1.12 bits per heavy atom. The standard InChI is InChI=1S/C24H23N5O4S/c1-34(31,32)21-10-9-18(14-26-21)33-20-13-16(23-27-19-5-4-11-25-24(19)28-23)7-8-17(20)15-29-12-3-2-6-22(29)30/h4-5,7-11,13-14H,2-3,6,12,15H2,1H3,(H,25,27,28). The van der Waals surface area contributed by atoms with Gasteiger partial charge in [0.2, 0.25) is 5.91 Å². The quantitative estimate of drug-likeness (QED) is 0.449. The van der Waals surface area contributed by atoms with Gasteiger partial charge in [0.25, 0.3) is 0 Å². The Balaban J connectivity index is 1.51. The molecule has 1 fully saturated rings. The molecule has 3 aromatic heterocycles. The number of benzene rings is 1. The van der Waals surface area contributed by atoms with Crippen molar-refractivity contribution in [2.75, 3.05) is 12.8 Å². The maximum atomic E-state index is 12.4. The van der Waals surface area contributed by atoms with Crippen LogP contribution in [0.2, 0.25) is 0 Å². The number of carbonyl (C=O) groups excluding carboxylic acids is 1. The molecule has 0 saturated carbocycles. The van der Waals surface area contributed by atoms with E-state index in [4.69, 9.17) is 4.74 Å². The van der Waals surface area contributed by atoms with Crippen molar-refractivity contribution in [2.24, 2.45) is 0 Å². The number of ether oxygens (including phenoxy) is 1. The van der Waals surface area contributed by atoms with E-state index >= 15 is 0 Å². The summed E-state index contributed by atoms with van der Waals surface area (Å²) in [5.74, 6) is 1.70. The molecule has 1 aliphatic heterocycles. The smallest absolute Gasteiger partial charge is 0.222 e. The van der Waals surface area contributed by atoms with Crippen molar-refractivity contribution in [3.8, 4) is 22.9 Å². The molecule has 4 aromatic rings. The van der Waals surface area contributed by atoms with E-state index in [1.165, 1.54) is 12.3 Å². The number of likely N-dealkylation sites (tertiary alicyclic amines) is 1. The minimum Gasteiger partial charge on any atom is -0.455 e. The van der Waals surface area contributed by atoms with Gasteiger partial charge in [0.15, 0.2) is 20.5 Å². The fourth-order valence-electron chi connectivity index (χ4n) is 3.92. The number of aromatic nitrogens is 4. The van der Waals surface area contributed by atoms with Gasteiger partial charge in [-0.3, -0.25) is 4.79 Å². The third-order valence-corrected chi connectivity index (χ3v) is 6.70. The number of fused-ring (bicyclic) bond motifs is 1. The summed E-state index contributed by atoms with van der Waals surface area (Å²) in [5.41, 5.74) is 3.06. The lowest BCUT2D eigenvalue weighted by Crippen LogP contribution is -2.34. The first kappa shape index (κ1) is 22.0. The molecule has 0 aliphatic carbocycles. The van der Waals surface area contributed by atoms with Gasteiger partial charge >= 0.3 is 0 Å². The molecular weight excluding hydrogens is 454 g/mol. The van der Waals surface area contributed by atoms with E-state index in [9.17, 15) is 13.2 Å². The highest BCUT2D eigenvalue weighted by Gasteiger charge is 2.21. The number of nitrogens with zero attached hydrogens (tertiary/aromatic N) is 4. The van der Waals surface area contributed by atoms with Crippen LogP contribution in [-0.2, 0) is 21.2 Å². The summed E-state index contributed by atoms with van der Waals surface area (Å²) < 4.78 is 29.6. The number of sulfone groups is 1. The first-order valence-electron chi connectivity index (χ1n) is 10.9. The molecule has 1 N–H and O–H groups in total. The maximum absolute atomic E-state index is 12.4. The summed E-state index contributed by atoms with van der Waals surface area (Å²) in [6, 6.07) is 12.4. The SMILES string of the molecule is CS(=O)(=O)c1ccc(Oc2cc(-c3nc4cccnc4[nH]3)ccc2CN2CCCCC2=O)cn1. The highest BCUT2D eigenvalue weighted by molar-refractivity contribution is 7.90. The fraction of sp³-hybridized carbons (Fsp3) is 0.250. The van der Waals surface area contributed by atoms with Crippen LogP contribution >= 0.6 is 0 Å². The zero-order valence-electron chi connectivity index (χ0n) is 18.6. The summed E-state index contributed by atoms with van der Waals surface area (Å²) >= 11 is 0. The number of hydrogen-bond acceptors (Lipinski definition) is 7. The maximum Gasteiger partial charge on any atom is 0.222 e. The van der Waals surface area contributed by atoms with Gasteiger partial charge in [-0.1, -0.05) is 12.1 Å². The molecule has 0 spiro atoms. The molecule has 1 aromatic carbocycles. The van der Waals surface area contributed by atoms with E-state index in [2.05, 4.69) is 19.9 Å². The molecule has 5 rings (SSSR count). The molecule has 174 valence electrons. The molecule has 0 atom stereocenters. The van der Waals surface area contributed by atoms with Crippen LogP contribution in [0, 0.1) is 0 Å². The molecule has 0 radical (unpaired) electrons. The second kappa shape index (κ2) is 8.86. The highest BCUT2D eigenvalue weighted by atomic mass is 32.2. The van der Waals surface area contributed by atoms with Crippen molar-refractivity contribution in [1.82, 2.24) is 24.8 Å². The van der Waals surface area contributed by atoms with Crippen LogP contribution in [0.15, 0.2) is 59.9 Å². The van der Waals surface area contributed by atoms with Crippen molar-refractivity contribution < 1.29 is 17.9 Å². The molecule has 1 saturated heterocycles. The predicted octanol–water partition coefficient (Wildman–Crippen LogP) is 3.73. The first-order chi connectivity index (χ1) is 16.4. The minimum absolute atomic E-state index is 0.0255. The average Bonchev–Trinajstić information content (AvgIpc) is 3.26. The van der Waals surface area contributed by atoms with Gasteiger partial charge in [0, 0.05) is 43.1 Å². The number of imidazole rings is 1. The molecule has 9 nitrogen and oxygen atoms in total. The summed E-state index contributed by atoms with van der Waals surface area (Å²) in [7, 11) is -3.41. The summed E-state index contributed by atoms with van der Waals surface area (Å²) in [6.07, 6.45) is 6.63. The van der Waals surface area contributed by atoms with Gasteiger partial charge < -0.3 is 14.6 Å². The van der Waals surface area contributed by atoms with Crippen molar-refractivity contribution in [3.05, 3.63) is 60.4 Å². The van der Waals surface area contributed by atoms with Crippen LogP contribution in [0.3, 0.4) is 0 Å². The Labute approximate surface area is 196 Å². The van der Waals surface area contributed by atoms with Gasteiger partial charge in [0.05, 0.1) is 6.20 Å². The third kappa shape index (κ3) is 4.62. The van der Waals surface area contributed by atoms with Crippen molar-refractivity contribution in [2.45, 2.75) is 30.8 Å². The lowest BCUT2D eigenvalue weighted by atomic mass is 10.1. The highest BCUT2D eigenvalue weighted by Crippen LogP contribution is 2.32. The predicted molar refractivity (Wildman–Crippen MR) is 126 cm³/mol. The molecular formula is C24H23N5O4S. The van der Waals surface area contributed by atoms with Crippen molar-refractivity contribution in [1.29, 1.82) is 0 Å². The largest absolute Gasteiger partial charge is 0.455 e. The number of carbonyl (C=O) groups is 1. The van der Waals surface area contributed by atoms with Gasteiger partial charge in [-0.15, -0.1) is 0 Å². The number of nitrogens with one attached hydrogen (secondary N) is 1. The number of hydrogen-bond donors (Lipinski definition) is 1. The van der Waals surface area contributed by atoms with E-state index < -0.39 is 9.84 Å². The van der Waals surface area contributed by atoms with Gasteiger partial charge in [-0.05, 0) is 43.2 Å². The minimum atomic E-state index is -3.41. The van der Waals surface area contributed by atoms with Crippen molar-refractivity contribution >= 4 is 26.9 Å². The summed E-state index contributed by atoms with van der Waals surface area (Å²) in [5, 5.41) is -0.0255. The lowest BCUT2D eigenvalue weighted by molar-refractivity contribution is -0.133. The Bertz CT molecular complexity index is 1430. The molecule has 0 unspecified atom stereocenters. The second-order valence-corrected chi connectivity index (χ2v) is 10.2. The van der Waals surface area contributed by atoms with E-state index in [-0.39, 0.29) is 10.9 Å². The number of H-pyrrole nitrogens is 1. The molecule has 34 heavy (non-hydrogen) atoms. The zero-order valence-corrected chi connectivity index (χ0v) is 19.4. The number of aromatic amines is 1. The Morgan fingerprint density at radius 2 is 2.00 bits per heavy atom. The van der Waals surface area contributed by atoms with Crippen molar-refractivity contribution in [3.63, 3.8) is 0 Å². The lowest BCUT2D eigenvalue weighted by Gasteiger charge is -2.27. The summed E-state index contributed by atoms with van der Waals surface area (Å²) in [6.45, 7) is 1.13. The Hall–Kier alpha value is -3.79. The van der Waals surface area contributed by atoms with Crippen LogP contribution in [0.5, 0.6) is 11.5 Å². The second-order valence-electron chi connectivity index (χ2n) is 8.26. The zero-order chi connectivity index (χ0) is 23.7. The van der Waals surface area contributed by atoms with Gasteiger partial charge in [0.1, 0.15) is 22.8 Å². The normalized spacial score (nSPS) is 14.5. The van der Waals surface area contributed by atoms with E-state index in [1.807, 2.05) is 35.2 Å². The van der Waals surface area contributed by atoms with E-state index in [0.717, 1.165) is 35.7 Å². The Kier molecular flexibility index (Phi) is 5.74.